The van der Waals surface area contributed by atoms with Crippen molar-refractivity contribution >= 4 is 18.9 Å². The van der Waals surface area contributed by atoms with Crippen LogP contribution in [0.15, 0.2) is 24.3 Å². The fourth-order valence-corrected chi connectivity index (χ4v) is 4.74. The quantitative estimate of drug-likeness (QED) is 0.766. The molecule has 0 aliphatic carbocycles. The molecular formula is C12H15ClNO2P. The Bertz CT molecular complexity index is 400. The molecule has 3 rings (SSSR count). The molecule has 92 valence electrons. The zero-order chi connectivity index (χ0) is 11.8. The molecule has 0 radical (unpaired) electrons. The van der Waals surface area contributed by atoms with Crippen LogP contribution < -0.4 is 4.74 Å². The Morgan fingerprint density at radius 3 is 2.88 bits per heavy atom. The molecule has 2 heterocycles. The van der Waals surface area contributed by atoms with Crippen LogP contribution in [0.2, 0.25) is 0 Å². The number of hydrogen-bond acceptors (Lipinski definition) is 3. The molecule has 3 atom stereocenters. The van der Waals surface area contributed by atoms with Crippen LogP contribution in [0.1, 0.15) is 24.5 Å². The number of hydrogen-bond donors (Lipinski definition) is 0. The van der Waals surface area contributed by atoms with Crippen molar-refractivity contribution in [2.75, 3.05) is 13.7 Å². The van der Waals surface area contributed by atoms with E-state index in [1.165, 1.54) is 18.4 Å². The standard InChI is InChI=1S/C12H15ClNO2P/c1-15-10-6-4-9(5-7-10)12-11-3-2-8-14(11)17(13)16-12/h4-7,11-12H,2-3,8H2,1H3/t11-,12+,17?/m0/s1. The van der Waals surface area contributed by atoms with Gasteiger partial charge in [-0.3, -0.25) is 0 Å². The summed E-state index contributed by atoms with van der Waals surface area (Å²) < 4.78 is 13.4. The SMILES string of the molecule is COc1ccc([C@H]2OP(Cl)N3CCC[C@@H]23)cc1. The highest BCUT2D eigenvalue weighted by Gasteiger charge is 2.45. The molecule has 2 aliphatic rings. The summed E-state index contributed by atoms with van der Waals surface area (Å²) in [5.41, 5.74) is 1.20. The van der Waals surface area contributed by atoms with Gasteiger partial charge in [0.05, 0.1) is 7.11 Å². The Kier molecular flexibility index (Phi) is 3.27. The minimum absolute atomic E-state index is 0.131. The maximum Gasteiger partial charge on any atom is 0.207 e. The first-order valence-corrected chi connectivity index (χ1v) is 7.94. The van der Waals surface area contributed by atoms with Crippen molar-refractivity contribution in [3.05, 3.63) is 29.8 Å². The number of ether oxygens (including phenoxy) is 1. The zero-order valence-electron chi connectivity index (χ0n) is 9.67. The molecule has 0 spiro atoms. The van der Waals surface area contributed by atoms with Crippen molar-refractivity contribution in [3.63, 3.8) is 0 Å². The van der Waals surface area contributed by atoms with Gasteiger partial charge in [0.1, 0.15) is 11.9 Å². The highest BCUT2D eigenvalue weighted by Crippen LogP contribution is 2.62. The van der Waals surface area contributed by atoms with Crippen molar-refractivity contribution < 1.29 is 9.26 Å². The molecule has 0 saturated carbocycles. The first kappa shape index (κ1) is 11.7. The summed E-state index contributed by atoms with van der Waals surface area (Å²) in [5.74, 6) is 0.878. The lowest BCUT2D eigenvalue weighted by Crippen LogP contribution is -2.21. The van der Waals surface area contributed by atoms with Crippen LogP contribution in [0.3, 0.4) is 0 Å². The van der Waals surface area contributed by atoms with E-state index in [0.29, 0.717) is 6.04 Å². The van der Waals surface area contributed by atoms with Crippen LogP contribution in [0.5, 0.6) is 5.75 Å². The van der Waals surface area contributed by atoms with Gasteiger partial charge in [0.25, 0.3) is 0 Å². The average molecular weight is 272 g/mol. The van der Waals surface area contributed by atoms with Gasteiger partial charge in [-0.1, -0.05) is 12.1 Å². The topological polar surface area (TPSA) is 21.7 Å². The molecule has 1 unspecified atom stereocenters. The molecule has 5 heteroatoms. The third-order valence-electron chi connectivity index (χ3n) is 3.47. The first-order chi connectivity index (χ1) is 8.29. The predicted octanol–water partition coefficient (Wildman–Crippen LogP) is 3.70. The lowest BCUT2D eigenvalue weighted by atomic mass is 10.0. The number of fused-ring (bicyclic) bond motifs is 1. The van der Waals surface area contributed by atoms with Gasteiger partial charge in [-0.15, -0.1) is 0 Å². The number of halogens is 1. The second-order valence-electron chi connectivity index (χ2n) is 4.40. The summed E-state index contributed by atoms with van der Waals surface area (Å²) in [4.78, 5) is 0. The monoisotopic (exact) mass is 271 g/mol. The van der Waals surface area contributed by atoms with E-state index in [1.54, 1.807) is 7.11 Å². The Balaban J connectivity index is 1.83. The fourth-order valence-electron chi connectivity index (χ4n) is 2.58. The first-order valence-electron chi connectivity index (χ1n) is 5.83. The summed E-state index contributed by atoms with van der Waals surface area (Å²) in [5, 5.41) is 0. The van der Waals surface area contributed by atoms with Crippen LogP contribution in [0.4, 0.5) is 0 Å². The summed E-state index contributed by atoms with van der Waals surface area (Å²) in [6.07, 6.45) is 2.54. The molecule has 1 aromatic rings. The van der Waals surface area contributed by atoms with E-state index >= 15 is 0 Å². The van der Waals surface area contributed by atoms with Crippen LogP contribution in [-0.4, -0.2) is 24.4 Å². The van der Waals surface area contributed by atoms with Crippen molar-refractivity contribution in [1.82, 2.24) is 4.67 Å². The summed E-state index contributed by atoms with van der Waals surface area (Å²) >= 11 is 6.26. The van der Waals surface area contributed by atoms with Gasteiger partial charge in [0.2, 0.25) is 7.65 Å². The number of methoxy groups -OCH3 is 1. The molecule has 0 bridgehead atoms. The van der Waals surface area contributed by atoms with E-state index in [1.807, 2.05) is 12.1 Å². The molecule has 2 aliphatic heterocycles. The van der Waals surface area contributed by atoms with Crippen LogP contribution in [-0.2, 0) is 4.52 Å². The van der Waals surface area contributed by atoms with Crippen molar-refractivity contribution in [3.8, 4) is 5.75 Å². The third kappa shape index (κ3) is 2.06. The van der Waals surface area contributed by atoms with E-state index in [0.717, 1.165) is 12.3 Å². The maximum atomic E-state index is 6.26. The van der Waals surface area contributed by atoms with Gasteiger partial charge in [0.15, 0.2) is 0 Å². The number of rotatable bonds is 2. The lowest BCUT2D eigenvalue weighted by Gasteiger charge is -2.17. The largest absolute Gasteiger partial charge is 0.497 e. The Labute approximate surface area is 107 Å². The van der Waals surface area contributed by atoms with E-state index in [-0.39, 0.29) is 6.10 Å². The van der Waals surface area contributed by atoms with Crippen LogP contribution >= 0.6 is 18.9 Å². The molecule has 2 fully saturated rings. The summed E-state index contributed by atoms with van der Waals surface area (Å²) in [6, 6.07) is 8.57. The molecule has 0 amide bonds. The number of nitrogens with zero attached hydrogens (tertiary/aromatic N) is 1. The zero-order valence-corrected chi connectivity index (χ0v) is 11.3. The van der Waals surface area contributed by atoms with Gasteiger partial charge in [-0.25, -0.2) is 4.67 Å². The van der Waals surface area contributed by atoms with E-state index < -0.39 is 7.65 Å². The van der Waals surface area contributed by atoms with Crippen molar-refractivity contribution in [1.29, 1.82) is 0 Å². The van der Waals surface area contributed by atoms with Crippen molar-refractivity contribution in [2.24, 2.45) is 0 Å². The molecule has 0 N–H and O–H groups in total. The molecule has 3 nitrogen and oxygen atoms in total. The molecule has 2 saturated heterocycles. The minimum atomic E-state index is -0.905. The van der Waals surface area contributed by atoms with Crippen LogP contribution in [0.25, 0.3) is 0 Å². The molecular weight excluding hydrogens is 257 g/mol. The maximum absolute atomic E-state index is 6.26. The van der Waals surface area contributed by atoms with Gasteiger partial charge in [-0.05, 0) is 41.8 Å². The van der Waals surface area contributed by atoms with Crippen LogP contribution in [0, 0.1) is 0 Å². The fraction of sp³-hybridized carbons (Fsp3) is 0.500. The Morgan fingerprint density at radius 2 is 2.18 bits per heavy atom. The van der Waals surface area contributed by atoms with Gasteiger partial charge >= 0.3 is 0 Å². The van der Waals surface area contributed by atoms with Crippen molar-refractivity contribution in [2.45, 2.75) is 25.0 Å². The van der Waals surface area contributed by atoms with E-state index in [4.69, 9.17) is 20.5 Å². The van der Waals surface area contributed by atoms with Gasteiger partial charge in [0, 0.05) is 12.6 Å². The molecule has 0 aromatic heterocycles. The summed E-state index contributed by atoms with van der Waals surface area (Å²) in [7, 11) is 0.773. The van der Waals surface area contributed by atoms with E-state index in [9.17, 15) is 0 Å². The van der Waals surface area contributed by atoms with Gasteiger partial charge in [-0.2, -0.15) is 0 Å². The highest BCUT2D eigenvalue weighted by atomic mass is 35.7. The van der Waals surface area contributed by atoms with Gasteiger partial charge < -0.3 is 9.26 Å². The average Bonchev–Trinajstić information content (AvgIpc) is 2.94. The number of benzene rings is 1. The Morgan fingerprint density at radius 1 is 1.41 bits per heavy atom. The lowest BCUT2D eigenvalue weighted by molar-refractivity contribution is 0.215. The second kappa shape index (κ2) is 4.74. The molecule has 17 heavy (non-hydrogen) atoms. The second-order valence-corrected chi connectivity index (χ2v) is 6.44. The smallest absolute Gasteiger partial charge is 0.207 e. The summed E-state index contributed by atoms with van der Waals surface area (Å²) in [6.45, 7) is 1.08. The highest BCUT2D eigenvalue weighted by molar-refractivity contribution is 7.78. The van der Waals surface area contributed by atoms with E-state index in [2.05, 4.69) is 16.8 Å². The minimum Gasteiger partial charge on any atom is -0.497 e. The normalized spacial score (nSPS) is 32.7. The predicted molar refractivity (Wildman–Crippen MR) is 69.3 cm³/mol. The third-order valence-corrected chi connectivity index (χ3v) is 5.59. The molecule has 1 aromatic carbocycles. The Hall–Kier alpha value is -0.340.